The number of likely N-dealkylation sites (tertiary alicyclic amines) is 1. The Hall–Kier alpha value is -3.21. The minimum atomic E-state index is -0.516. The number of aromatic nitrogens is 3. The molecular formula is C23H33FN8O2. The fourth-order valence-corrected chi connectivity index (χ4v) is 4.21. The maximum atomic E-state index is 14.4. The van der Waals surface area contributed by atoms with Gasteiger partial charge in [-0.2, -0.15) is 4.98 Å². The zero-order valence-corrected chi connectivity index (χ0v) is 19.8. The number of piperidine rings is 1. The molecule has 0 unspecified atom stereocenters. The molecule has 10 nitrogen and oxygen atoms in total. The van der Waals surface area contributed by atoms with Gasteiger partial charge >= 0.3 is 6.09 Å². The van der Waals surface area contributed by atoms with Crippen molar-refractivity contribution in [1.29, 1.82) is 0 Å². The van der Waals surface area contributed by atoms with Crippen LogP contribution in [0, 0.1) is 5.82 Å². The van der Waals surface area contributed by atoms with Crippen LogP contribution in [0.15, 0.2) is 24.5 Å². The van der Waals surface area contributed by atoms with E-state index in [2.05, 4.69) is 42.3 Å². The highest BCUT2D eigenvalue weighted by Crippen LogP contribution is 2.22. The molecule has 4 heterocycles. The van der Waals surface area contributed by atoms with Crippen molar-refractivity contribution in [3.05, 3.63) is 30.3 Å². The first-order valence-electron chi connectivity index (χ1n) is 12.0. The van der Waals surface area contributed by atoms with Gasteiger partial charge in [0.15, 0.2) is 11.6 Å². The fraction of sp³-hybridized carbons (Fsp3) is 0.565. The molecule has 2 saturated heterocycles. The van der Waals surface area contributed by atoms with Crippen molar-refractivity contribution in [2.24, 2.45) is 0 Å². The smallest absolute Gasteiger partial charge is 0.409 e. The Morgan fingerprint density at radius 1 is 1.09 bits per heavy atom. The highest BCUT2D eigenvalue weighted by molar-refractivity contribution is 5.67. The molecule has 0 spiro atoms. The number of pyridine rings is 1. The zero-order chi connectivity index (χ0) is 23.9. The Morgan fingerprint density at radius 2 is 1.85 bits per heavy atom. The predicted molar refractivity (Wildman–Crippen MR) is 129 cm³/mol. The first-order valence-corrected chi connectivity index (χ1v) is 12.0. The molecule has 34 heavy (non-hydrogen) atoms. The molecule has 2 aromatic heterocycles. The molecule has 0 bridgehead atoms. The topological polar surface area (TPSA) is 98.7 Å². The third-order valence-electron chi connectivity index (χ3n) is 6.25. The number of anilines is 4. The van der Waals surface area contributed by atoms with Gasteiger partial charge in [0.2, 0.25) is 5.95 Å². The average Bonchev–Trinajstić information content (AvgIpc) is 2.87. The summed E-state index contributed by atoms with van der Waals surface area (Å²) in [4.78, 5) is 31.2. The van der Waals surface area contributed by atoms with Crippen LogP contribution in [0.2, 0.25) is 0 Å². The molecule has 2 N–H and O–H groups in total. The lowest BCUT2D eigenvalue weighted by atomic mass is 10.1. The Kier molecular flexibility index (Phi) is 7.94. The molecule has 0 radical (unpaired) electrons. The summed E-state index contributed by atoms with van der Waals surface area (Å²) < 4.78 is 19.4. The van der Waals surface area contributed by atoms with Gasteiger partial charge in [-0.05, 0) is 38.4 Å². The van der Waals surface area contributed by atoms with Gasteiger partial charge in [-0.15, -0.1) is 0 Å². The lowest BCUT2D eigenvalue weighted by molar-refractivity contribution is 0.0983. The molecule has 0 aromatic carbocycles. The van der Waals surface area contributed by atoms with Gasteiger partial charge in [0, 0.05) is 45.3 Å². The first-order chi connectivity index (χ1) is 16.6. The van der Waals surface area contributed by atoms with E-state index < -0.39 is 5.82 Å². The third-order valence-corrected chi connectivity index (χ3v) is 6.25. The lowest BCUT2D eigenvalue weighted by Crippen LogP contribution is -2.46. The summed E-state index contributed by atoms with van der Waals surface area (Å²) in [6.45, 7) is 10.5. The third kappa shape index (κ3) is 6.02. The average molecular weight is 473 g/mol. The van der Waals surface area contributed by atoms with Crippen LogP contribution in [0.5, 0.6) is 0 Å². The number of likely N-dealkylation sites (N-methyl/N-ethyl adjacent to an activating group) is 1. The van der Waals surface area contributed by atoms with Crippen LogP contribution in [-0.4, -0.2) is 89.3 Å². The van der Waals surface area contributed by atoms with Crippen molar-refractivity contribution in [2.75, 3.05) is 68.0 Å². The fourth-order valence-electron chi connectivity index (χ4n) is 4.21. The molecule has 11 heteroatoms. The Labute approximate surface area is 199 Å². The summed E-state index contributed by atoms with van der Waals surface area (Å²) in [5, 5.41) is 6.26. The summed E-state index contributed by atoms with van der Waals surface area (Å²) in [6.07, 6.45) is 3.96. The Morgan fingerprint density at radius 3 is 2.50 bits per heavy atom. The van der Waals surface area contributed by atoms with E-state index in [1.807, 2.05) is 12.1 Å². The molecule has 2 aliphatic rings. The first kappa shape index (κ1) is 23.9. The number of hydrogen-bond donors (Lipinski definition) is 2. The van der Waals surface area contributed by atoms with Crippen molar-refractivity contribution < 1.29 is 13.9 Å². The number of nitrogens with one attached hydrogen (secondary N) is 2. The van der Waals surface area contributed by atoms with E-state index in [9.17, 15) is 9.18 Å². The molecule has 0 aliphatic carbocycles. The van der Waals surface area contributed by atoms with Crippen LogP contribution in [0.25, 0.3) is 0 Å². The minimum absolute atomic E-state index is 0.0112. The largest absolute Gasteiger partial charge is 0.450 e. The molecule has 2 aromatic rings. The Bertz CT molecular complexity index is 944. The molecule has 184 valence electrons. The second kappa shape index (κ2) is 11.3. The monoisotopic (exact) mass is 472 g/mol. The molecule has 2 aliphatic heterocycles. The molecule has 0 atom stereocenters. The number of halogens is 1. The van der Waals surface area contributed by atoms with Crippen LogP contribution < -0.4 is 15.5 Å². The van der Waals surface area contributed by atoms with E-state index >= 15 is 0 Å². The van der Waals surface area contributed by atoms with Crippen LogP contribution in [0.3, 0.4) is 0 Å². The summed E-state index contributed by atoms with van der Waals surface area (Å²) in [5.74, 6) is 0.861. The molecule has 4 rings (SSSR count). The van der Waals surface area contributed by atoms with Gasteiger partial charge in [-0.1, -0.05) is 6.92 Å². The van der Waals surface area contributed by atoms with Gasteiger partial charge in [0.05, 0.1) is 24.7 Å². The van der Waals surface area contributed by atoms with Crippen LogP contribution in [0.4, 0.5) is 32.5 Å². The number of amides is 1. The maximum Gasteiger partial charge on any atom is 0.409 e. The number of ether oxygens (including phenoxy) is 1. The number of hydrogen-bond acceptors (Lipinski definition) is 9. The van der Waals surface area contributed by atoms with Gasteiger partial charge in [0.1, 0.15) is 5.82 Å². The summed E-state index contributed by atoms with van der Waals surface area (Å²) in [7, 11) is 0. The minimum Gasteiger partial charge on any atom is -0.450 e. The van der Waals surface area contributed by atoms with Crippen LogP contribution in [0.1, 0.15) is 26.7 Å². The van der Waals surface area contributed by atoms with Crippen molar-refractivity contribution in [3.63, 3.8) is 0 Å². The van der Waals surface area contributed by atoms with Gasteiger partial charge < -0.3 is 30.1 Å². The molecular weight excluding hydrogens is 439 g/mol. The summed E-state index contributed by atoms with van der Waals surface area (Å²) >= 11 is 0. The van der Waals surface area contributed by atoms with Crippen molar-refractivity contribution >= 4 is 29.4 Å². The molecule has 2 fully saturated rings. The predicted octanol–water partition coefficient (Wildman–Crippen LogP) is 2.93. The number of rotatable bonds is 7. The molecule has 0 saturated carbocycles. The number of carbonyl (C=O) groups is 1. The second-order valence-electron chi connectivity index (χ2n) is 8.45. The van der Waals surface area contributed by atoms with Gasteiger partial charge in [-0.3, -0.25) is 0 Å². The van der Waals surface area contributed by atoms with Gasteiger partial charge in [0.25, 0.3) is 0 Å². The van der Waals surface area contributed by atoms with E-state index in [0.717, 1.165) is 50.4 Å². The van der Waals surface area contributed by atoms with E-state index in [-0.39, 0.29) is 18.0 Å². The normalized spacial score (nSPS) is 17.5. The number of piperazine rings is 1. The molecule has 1 amide bonds. The standard InChI is InChI=1S/C23H33FN8O2/c1-3-30-11-13-31(14-12-30)20-6-5-18(15-25-20)28-22-26-16-19(24)21(29-22)27-17-7-9-32(10-8-17)23(33)34-4-2/h5-6,15-17H,3-4,7-14H2,1-2H3,(H2,26,27,28,29). The summed E-state index contributed by atoms with van der Waals surface area (Å²) in [6, 6.07) is 3.92. The lowest BCUT2D eigenvalue weighted by Gasteiger charge is -2.34. The van der Waals surface area contributed by atoms with E-state index in [1.54, 1.807) is 18.0 Å². The second-order valence-corrected chi connectivity index (χ2v) is 8.45. The SMILES string of the molecule is CCOC(=O)N1CCC(Nc2nc(Nc3ccc(N4CCN(CC)CC4)nc3)ncc2F)CC1. The number of nitrogens with zero attached hydrogens (tertiary/aromatic N) is 6. The Balaban J connectivity index is 1.32. The zero-order valence-electron chi connectivity index (χ0n) is 19.8. The van der Waals surface area contributed by atoms with E-state index in [0.29, 0.717) is 38.5 Å². The highest BCUT2D eigenvalue weighted by atomic mass is 19.1. The van der Waals surface area contributed by atoms with Crippen molar-refractivity contribution in [2.45, 2.75) is 32.7 Å². The quantitative estimate of drug-likeness (QED) is 0.630. The van der Waals surface area contributed by atoms with Crippen LogP contribution in [-0.2, 0) is 4.74 Å². The van der Waals surface area contributed by atoms with Crippen molar-refractivity contribution in [1.82, 2.24) is 24.8 Å². The van der Waals surface area contributed by atoms with E-state index in [4.69, 9.17) is 4.74 Å². The van der Waals surface area contributed by atoms with Crippen molar-refractivity contribution in [3.8, 4) is 0 Å². The number of carbonyl (C=O) groups excluding carboxylic acids is 1. The van der Waals surface area contributed by atoms with Gasteiger partial charge in [-0.25, -0.2) is 19.2 Å². The maximum absolute atomic E-state index is 14.4. The summed E-state index contributed by atoms with van der Waals surface area (Å²) in [5.41, 5.74) is 0.733. The highest BCUT2D eigenvalue weighted by Gasteiger charge is 2.24. The van der Waals surface area contributed by atoms with E-state index in [1.165, 1.54) is 0 Å². The van der Waals surface area contributed by atoms with Crippen LogP contribution >= 0.6 is 0 Å².